The highest BCUT2D eigenvalue weighted by molar-refractivity contribution is 7.91. The van der Waals surface area contributed by atoms with Crippen molar-refractivity contribution < 1.29 is 13.2 Å². The van der Waals surface area contributed by atoms with Gasteiger partial charge >= 0.3 is 0 Å². The molecule has 1 amide bonds. The monoisotopic (exact) mass is 255 g/mol. The molecule has 0 saturated heterocycles. The van der Waals surface area contributed by atoms with Crippen LogP contribution in [-0.2, 0) is 14.6 Å². The third kappa shape index (κ3) is 4.99. The van der Waals surface area contributed by atoms with E-state index in [1.54, 1.807) is 6.07 Å². The molecule has 0 aromatic heterocycles. The normalized spacial score (nSPS) is 11.5. The molecule has 94 valence electrons. The average Bonchev–Trinajstić information content (AvgIpc) is 2.14. The third-order valence-corrected chi connectivity index (χ3v) is 3.02. The maximum atomic E-state index is 11.4. The number of sulfone groups is 1. The van der Waals surface area contributed by atoms with Crippen LogP contribution < -0.4 is 5.32 Å². The highest BCUT2D eigenvalue weighted by atomic mass is 32.2. The lowest BCUT2D eigenvalue weighted by molar-refractivity contribution is -0.113. The van der Waals surface area contributed by atoms with Crippen LogP contribution in [0.5, 0.6) is 0 Å². The first kappa shape index (κ1) is 13.7. The zero-order chi connectivity index (χ0) is 13.1. The second-order valence-electron chi connectivity index (χ2n) is 4.40. The smallest absolute Gasteiger partial charge is 0.239 e. The molecular weight excluding hydrogens is 238 g/mol. The van der Waals surface area contributed by atoms with Gasteiger partial charge in [0.2, 0.25) is 5.91 Å². The fourth-order valence-electron chi connectivity index (χ4n) is 1.41. The molecule has 0 heterocycles. The molecule has 0 atom stereocenters. The van der Waals surface area contributed by atoms with Gasteiger partial charge in [0.1, 0.15) is 5.75 Å². The van der Waals surface area contributed by atoms with E-state index in [0.717, 1.165) is 11.8 Å². The van der Waals surface area contributed by atoms with Crippen LogP contribution in [0.25, 0.3) is 0 Å². The molecule has 5 heteroatoms. The van der Waals surface area contributed by atoms with Gasteiger partial charge in [-0.3, -0.25) is 4.79 Å². The van der Waals surface area contributed by atoms with E-state index in [0.29, 0.717) is 11.6 Å². The molecule has 0 saturated carbocycles. The summed E-state index contributed by atoms with van der Waals surface area (Å²) in [7, 11) is -3.28. The highest BCUT2D eigenvalue weighted by Gasteiger charge is 2.11. The van der Waals surface area contributed by atoms with Crippen molar-refractivity contribution in [2.75, 3.05) is 17.3 Å². The summed E-state index contributed by atoms with van der Waals surface area (Å²) >= 11 is 0. The number of rotatable bonds is 4. The lowest BCUT2D eigenvalue weighted by Crippen LogP contribution is -2.21. The number of carbonyl (C=O) groups excluding carboxylic acids is 1. The van der Waals surface area contributed by atoms with Gasteiger partial charge in [0, 0.05) is 11.9 Å². The summed E-state index contributed by atoms with van der Waals surface area (Å²) in [4.78, 5) is 11.4. The fourth-order valence-corrected chi connectivity index (χ4v) is 1.96. The third-order valence-electron chi connectivity index (χ3n) is 2.23. The first-order valence-electron chi connectivity index (χ1n) is 5.35. The summed E-state index contributed by atoms with van der Waals surface area (Å²) in [5.41, 5.74) is 1.73. The van der Waals surface area contributed by atoms with Crippen LogP contribution in [0.2, 0.25) is 0 Å². The Kier molecular flexibility index (Phi) is 4.28. The second-order valence-corrected chi connectivity index (χ2v) is 6.54. The van der Waals surface area contributed by atoms with Crippen LogP contribution in [0.15, 0.2) is 24.3 Å². The molecule has 1 aromatic carbocycles. The summed E-state index contributed by atoms with van der Waals surface area (Å²) in [5, 5.41) is 2.58. The molecule has 0 bridgehead atoms. The van der Waals surface area contributed by atoms with Crippen molar-refractivity contribution in [3.8, 4) is 0 Å². The molecule has 0 aliphatic rings. The van der Waals surface area contributed by atoms with E-state index in [4.69, 9.17) is 0 Å². The fraction of sp³-hybridized carbons (Fsp3) is 0.417. The van der Waals surface area contributed by atoms with Crippen molar-refractivity contribution in [2.24, 2.45) is 0 Å². The van der Waals surface area contributed by atoms with E-state index in [2.05, 4.69) is 19.2 Å². The maximum Gasteiger partial charge on any atom is 0.239 e. The van der Waals surface area contributed by atoms with Crippen molar-refractivity contribution in [3.63, 3.8) is 0 Å². The zero-order valence-corrected chi connectivity index (χ0v) is 11.0. The van der Waals surface area contributed by atoms with Crippen LogP contribution in [0.3, 0.4) is 0 Å². The molecule has 1 aromatic rings. The topological polar surface area (TPSA) is 63.2 Å². The summed E-state index contributed by atoms with van der Waals surface area (Å²) in [6.45, 7) is 4.11. The van der Waals surface area contributed by atoms with Crippen molar-refractivity contribution in [1.29, 1.82) is 0 Å². The van der Waals surface area contributed by atoms with E-state index in [-0.39, 0.29) is 0 Å². The van der Waals surface area contributed by atoms with Crippen molar-refractivity contribution in [3.05, 3.63) is 29.8 Å². The minimum Gasteiger partial charge on any atom is -0.325 e. The van der Waals surface area contributed by atoms with E-state index >= 15 is 0 Å². The number of nitrogens with one attached hydrogen (secondary N) is 1. The van der Waals surface area contributed by atoms with Gasteiger partial charge in [0.15, 0.2) is 9.84 Å². The van der Waals surface area contributed by atoms with Crippen LogP contribution in [0.1, 0.15) is 25.3 Å². The number of hydrogen-bond donors (Lipinski definition) is 1. The van der Waals surface area contributed by atoms with Gasteiger partial charge in [0.25, 0.3) is 0 Å². The Morgan fingerprint density at radius 1 is 1.35 bits per heavy atom. The number of hydrogen-bond acceptors (Lipinski definition) is 3. The molecule has 0 spiro atoms. The zero-order valence-electron chi connectivity index (χ0n) is 10.2. The molecule has 0 radical (unpaired) electrons. The second kappa shape index (κ2) is 5.31. The van der Waals surface area contributed by atoms with Gasteiger partial charge in [-0.1, -0.05) is 26.0 Å². The Morgan fingerprint density at radius 3 is 2.53 bits per heavy atom. The van der Waals surface area contributed by atoms with E-state index in [1.165, 1.54) is 0 Å². The summed E-state index contributed by atoms with van der Waals surface area (Å²) in [6.07, 6.45) is 1.04. The molecule has 1 rings (SSSR count). The molecule has 0 unspecified atom stereocenters. The van der Waals surface area contributed by atoms with Crippen LogP contribution in [0, 0.1) is 0 Å². The maximum absolute atomic E-state index is 11.4. The van der Waals surface area contributed by atoms with E-state index < -0.39 is 21.5 Å². The minimum absolute atomic E-state index is 0.363. The number of anilines is 1. The average molecular weight is 255 g/mol. The van der Waals surface area contributed by atoms with Gasteiger partial charge < -0.3 is 5.32 Å². The quantitative estimate of drug-likeness (QED) is 0.892. The van der Waals surface area contributed by atoms with Crippen molar-refractivity contribution >= 4 is 21.4 Å². The number of carbonyl (C=O) groups is 1. The molecule has 0 aliphatic heterocycles. The van der Waals surface area contributed by atoms with Crippen LogP contribution >= 0.6 is 0 Å². The summed E-state index contributed by atoms with van der Waals surface area (Å²) in [6, 6.07) is 7.40. The lowest BCUT2D eigenvalue weighted by atomic mass is 10.0. The Bertz CT molecular complexity index is 506. The molecule has 1 N–H and O–H groups in total. The first-order chi connectivity index (χ1) is 7.78. The Labute approximate surface area is 102 Å². The summed E-state index contributed by atoms with van der Waals surface area (Å²) in [5.74, 6) is -0.631. The molecular formula is C12H17NO3S. The minimum atomic E-state index is -3.28. The Hall–Kier alpha value is -1.36. The highest BCUT2D eigenvalue weighted by Crippen LogP contribution is 2.18. The predicted octanol–water partition coefficient (Wildman–Crippen LogP) is 1.79. The largest absolute Gasteiger partial charge is 0.325 e. The van der Waals surface area contributed by atoms with Gasteiger partial charge in [0.05, 0.1) is 0 Å². The molecule has 0 fully saturated rings. The lowest BCUT2D eigenvalue weighted by Gasteiger charge is -2.09. The first-order valence-corrected chi connectivity index (χ1v) is 7.41. The predicted molar refractivity (Wildman–Crippen MR) is 68.9 cm³/mol. The Morgan fingerprint density at radius 2 is 2.00 bits per heavy atom. The van der Waals surface area contributed by atoms with Crippen LogP contribution in [-0.4, -0.2) is 26.3 Å². The van der Waals surface area contributed by atoms with Gasteiger partial charge in [-0.25, -0.2) is 8.42 Å². The summed E-state index contributed by atoms with van der Waals surface area (Å²) < 4.78 is 21.9. The van der Waals surface area contributed by atoms with Crippen LogP contribution in [0.4, 0.5) is 5.69 Å². The van der Waals surface area contributed by atoms with E-state index in [1.807, 2.05) is 18.2 Å². The van der Waals surface area contributed by atoms with Gasteiger partial charge in [-0.15, -0.1) is 0 Å². The molecule has 17 heavy (non-hydrogen) atoms. The standard InChI is InChI=1S/C12H17NO3S/c1-9(2)10-5-4-6-11(7-10)13-12(14)8-17(3,15)16/h4-7,9H,8H2,1-3H3,(H,13,14). The molecule has 4 nitrogen and oxygen atoms in total. The van der Waals surface area contributed by atoms with Crippen molar-refractivity contribution in [1.82, 2.24) is 0 Å². The SMILES string of the molecule is CC(C)c1cccc(NC(=O)CS(C)(=O)=O)c1. The number of amides is 1. The van der Waals surface area contributed by atoms with Gasteiger partial charge in [-0.05, 0) is 23.6 Å². The van der Waals surface area contributed by atoms with Crippen molar-refractivity contribution in [2.45, 2.75) is 19.8 Å². The molecule has 0 aliphatic carbocycles. The number of benzene rings is 1. The van der Waals surface area contributed by atoms with E-state index in [9.17, 15) is 13.2 Å². The van der Waals surface area contributed by atoms with Gasteiger partial charge in [-0.2, -0.15) is 0 Å². The Balaban J connectivity index is 2.75.